The fraction of sp³-hybridized carbons (Fsp3) is 0.667. The van der Waals surface area contributed by atoms with E-state index in [2.05, 4.69) is 55.4 Å². The number of likely N-dealkylation sites (tertiary alicyclic amines) is 1. The van der Waals surface area contributed by atoms with Gasteiger partial charge in [-0.3, -0.25) is 4.90 Å². The fourth-order valence-electron chi connectivity index (χ4n) is 3.36. The third-order valence-corrected chi connectivity index (χ3v) is 4.43. The normalized spacial score (nSPS) is 23.7. The van der Waals surface area contributed by atoms with Gasteiger partial charge < -0.3 is 10.1 Å². The molecule has 0 spiro atoms. The molecule has 1 aromatic carbocycles. The van der Waals surface area contributed by atoms with Gasteiger partial charge in [0.05, 0.1) is 6.61 Å². The highest BCUT2D eigenvalue weighted by molar-refractivity contribution is 5.25. The van der Waals surface area contributed by atoms with Crippen LogP contribution in [0.4, 0.5) is 0 Å². The van der Waals surface area contributed by atoms with Crippen LogP contribution in [0.1, 0.15) is 43.9 Å². The molecule has 3 heteroatoms. The van der Waals surface area contributed by atoms with Gasteiger partial charge in [0.2, 0.25) is 0 Å². The van der Waals surface area contributed by atoms with Gasteiger partial charge in [-0.05, 0) is 43.5 Å². The molecule has 0 aliphatic carbocycles. The molecule has 1 fully saturated rings. The summed E-state index contributed by atoms with van der Waals surface area (Å²) in [6, 6.07) is 10.1. The van der Waals surface area contributed by atoms with E-state index in [1.807, 2.05) is 0 Å². The molecule has 1 heterocycles. The Hall–Kier alpha value is -0.900. The van der Waals surface area contributed by atoms with E-state index in [0.717, 1.165) is 6.54 Å². The molecule has 2 atom stereocenters. The zero-order valence-corrected chi connectivity index (χ0v) is 13.9. The summed E-state index contributed by atoms with van der Waals surface area (Å²) in [6.07, 6.45) is 2.62. The van der Waals surface area contributed by atoms with Gasteiger partial charge in [-0.2, -0.15) is 0 Å². The monoisotopic (exact) mass is 290 g/mol. The predicted octanol–water partition coefficient (Wildman–Crippen LogP) is 3.21. The number of methoxy groups -OCH3 is 1. The Morgan fingerprint density at radius 1 is 1.29 bits per heavy atom. The van der Waals surface area contributed by atoms with E-state index in [1.165, 1.54) is 30.5 Å². The van der Waals surface area contributed by atoms with E-state index in [1.54, 1.807) is 7.11 Å². The van der Waals surface area contributed by atoms with Crippen molar-refractivity contribution in [3.05, 3.63) is 35.4 Å². The van der Waals surface area contributed by atoms with E-state index >= 15 is 0 Å². The van der Waals surface area contributed by atoms with E-state index in [4.69, 9.17) is 4.74 Å². The van der Waals surface area contributed by atoms with Crippen LogP contribution in [0.2, 0.25) is 0 Å². The van der Waals surface area contributed by atoms with Crippen LogP contribution in [0.15, 0.2) is 24.3 Å². The molecule has 3 nitrogen and oxygen atoms in total. The molecular formula is C18H30N2O. The number of piperidine rings is 1. The first-order valence-corrected chi connectivity index (χ1v) is 8.13. The lowest BCUT2D eigenvalue weighted by Gasteiger charge is -2.40. The van der Waals surface area contributed by atoms with Crippen LogP contribution in [0.3, 0.4) is 0 Å². The standard InChI is InChI=1S/C18H30N2O/c1-14(2)19-12-17-6-5-11-20(3)18(17)16-9-7-15(8-10-16)13-21-4/h7-10,14,17-19H,5-6,11-13H2,1-4H3. The van der Waals surface area contributed by atoms with E-state index < -0.39 is 0 Å². The minimum absolute atomic E-state index is 0.529. The van der Waals surface area contributed by atoms with Crippen molar-refractivity contribution in [3.63, 3.8) is 0 Å². The lowest BCUT2D eigenvalue weighted by molar-refractivity contribution is 0.118. The van der Waals surface area contributed by atoms with Gasteiger partial charge in [0, 0.05) is 25.7 Å². The van der Waals surface area contributed by atoms with Crippen molar-refractivity contribution in [2.45, 2.75) is 45.4 Å². The quantitative estimate of drug-likeness (QED) is 0.870. The molecule has 2 unspecified atom stereocenters. The molecule has 0 aromatic heterocycles. The first kappa shape index (κ1) is 16.5. The number of ether oxygens (including phenoxy) is 1. The average molecular weight is 290 g/mol. The zero-order chi connectivity index (χ0) is 15.2. The number of nitrogens with one attached hydrogen (secondary N) is 1. The van der Waals surface area contributed by atoms with Gasteiger partial charge in [0.1, 0.15) is 0 Å². The third kappa shape index (κ3) is 4.53. The summed E-state index contributed by atoms with van der Waals surface area (Å²) in [5.41, 5.74) is 2.68. The number of hydrogen-bond acceptors (Lipinski definition) is 3. The molecule has 1 aliphatic rings. The number of rotatable bonds is 6. The Labute approximate surface area is 129 Å². The van der Waals surface area contributed by atoms with Crippen molar-refractivity contribution in [2.24, 2.45) is 5.92 Å². The Kier molecular flexibility index (Phi) is 6.22. The molecule has 0 saturated carbocycles. The van der Waals surface area contributed by atoms with E-state index in [-0.39, 0.29) is 0 Å². The summed E-state index contributed by atoms with van der Waals surface area (Å²) >= 11 is 0. The van der Waals surface area contributed by atoms with Crippen LogP contribution < -0.4 is 5.32 Å². The maximum Gasteiger partial charge on any atom is 0.0713 e. The Bertz CT molecular complexity index is 416. The molecule has 0 amide bonds. The van der Waals surface area contributed by atoms with E-state index in [0.29, 0.717) is 24.6 Å². The second kappa shape index (κ2) is 7.92. The molecule has 1 aromatic rings. The maximum atomic E-state index is 5.20. The van der Waals surface area contributed by atoms with Gasteiger partial charge in [0.25, 0.3) is 0 Å². The van der Waals surface area contributed by atoms with Crippen molar-refractivity contribution in [2.75, 3.05) is 27.2 Å². The molecule has 1 N–H and O–H groups in total. The largest absolute Gasteiger partial charge is 0.380 e. The van der Waals surface area contributed by atoms with Gasteiger partial charge in [-0.15, -0.1) is 0 Å². The lowest BCUT2D eigenvalue weighted by Crippen LogP contribution is -2.41. The molecule has 0 radical (unpaired) electrons. The maximum absolute atomic E-state index is 5.20. The minimum Gasteiger partial charge on any atom is -0.380 e. The summed E-state index contributed by atoms with van der Waals surface area (Å²) in [4.78, 5) is 2.52. The Balaban J connectivity index is 2.11. The number of benzene rings is 1. The van der Waals surface area contributed by atoms with Gasteiger partial charge in [0.15, 0.2) is 0 Å². The second-order valence-electron chi connectivity index (χ2n) is 6.57. The molecule has 21 heavy (non-hydrogen) atoms. The Morgan fingerprint density at radius 2 is 2.00 bits per heavy atom. The summed E-state index contributed by atoms with van der Waals surface area (Å²) in [5, 5.41) is 3.62. The van der Waals surface area contributed by atoms with Crippen LogP contribution in [0.25, 0.3) is 0 Å². The lowest BCUT2D eigenvalue weighted by atomic mass is 9.84. The highest BCUT2D eigenvalue weighted by Gasteiger charge is 2.30. The second-order valence-corrected chi connectivity index (χ2v) is 6.57. The SMILES string of the molecule is COCc1ccc(C2C(CNC(C)C)CCCN2C)cc1. The summed E-state index contributed by atoms with van der Waals surface area (Å²) < 4.78 is 5.20. The molecule has 1 aliphatic heterocycles. The smallest absolute Gasteiger partial charge is 0.0713 e. The van der Waals surface area contributed by atoms with Crippen LogP contribution in [0, 0.1) is 5.92 Å². The van der Waals surface area contributed by atoms with Crippen molar-refractivity contribution in [1.82, 2.24) is 10.2 Å². The highest BCUT2D eigenvalue weighted by atomic mass is 16.5. The van der Waals surface area contributed by atoms with Gasteiger partial charge in [-0.25, -0.2) is 0 Å². The first-order valence-electron chi connectivity index (χ1n) is 8.13. The van der Waals surface area contributed by atoms with E-state index in [9.17, 15) is 0 Å². The van der Waals surface area contributed by atoms with Crippen LogP contribution in [-0.4, -0.2) is 38.2 Å². The van der Waals surface area contributed by atoms with Gasteiger partial charge in [-0.1, -0.05) is 38.1 Å². The van der Waals surface area contributed by atoms with Crippen LogP contribution >= 0.6 is 0 Å². The van der Waals surface area contributed by atoms with Crippen molar-refractivity contribution < 1.29 is 4.74 Å². The minimum atomic E-state index is 0.529. The molecule has 2 rings (SSSR count). The first-order chi connectivity index (χ1) is 10.1. The number of nitrogens with zero attached hydrogens (tertiary/aromatic N) is 1. The highest BCUT2D eigenvalue weighted by Crippen LogP contribution is 2.34. The van der Waals surface area contributed by atoms with Crippen molar-refractivity contribution in [1.29, 1.82) is 0 Å². The zero-order valence-electron chi connectivity index (χ0n) is 13.9. The summed E-state index contributed by atoms with van der Waals surface area (Å²) in [6.45, 7) is 7.44. The predicted molar refractivity (Wildman–Crippen MR) is 88.4 cm³/mol. The third-order valence-electron chi connectivity index (χ3n) is 4.43. The topological polar surface area (TPSA) is 24.5 Å². The summed E-state index contributed by atoms with van der Waals surface area (Å²) in [7, 11) is 4.01. The molecular weight excluding hydrogens is 260 g/mol. The fourth-order valence-corrected chi connectivity index (χ4v) is 3.36. The molecule has 118 valence electrons. The van der Waals surface area contributed by atoms with Crippen LogP contribution in [0.5, 0.6) is 0 Å². The molecule has 0 bridgehead atoms. The average Bonchev–Trinajstić information content (AvgIpc) is 2.46. The molecule has 1 saturated heterocycles. The van der Waals surface area contributed by atoms with Crippen molar-refractivity contribution >= 4 is 0 Å². The van der Waals surface area contributed by atoms with Crippen LogP contribution in [-0.2, 0) is 11.3 Å². The van der Waals surface area contributed by atoms with Crippen molar-refractivity contribution in [3.8, 4) is 0 Å². The Morgan fingerprint density at radius 3 is 2.62 bits per heavy atom. The number of hydrogen-bond donors (Lipinski definition) is 1. The van der Waals surface area contributed by atoms with Gasteiger partial charge >= 0.3 is 0 Å². The summed E-state index contributed by atoms with van der Waals surface area (Å²) in [5.74, 6) is 0.694.